The highest BCUT2D eigenvalue weighted by Gasteiger charge is 2.08. The standard InChI is InChI=1S/C14H17NO/c1-5-11-8-10(3)12-6-9(2)7-13(16-4)14(12)15-11/h6-8H,5H2,1-4H3. The molecule has 2 aromatic rings. The van der Waals surface area contributed by atoms with Crippen molar-refractivity contribution in [2.24, 2.45) is 0 Å². The molecule has 1 aromatic heterocycles. The minimum atomic E-state index is 0.869. The van der Waals surface area contributed by atoms with Crippen LogP contribution in [0.25, 0.3) is 10.9 Å². The second kappa shape index (κ2) is 4.12. The first kappa shape index (κ1) is 10.9. The summed E-state index contributed by atoms with van der Waals surface area (Å²) in [7, 11) is 1.70. The maximum atomic E-state index is 5.40. The summed E-state index contributed by atoms with van der Waals surface area (Å²) in [5, 5.41) is 1.19. The van der Waals surface area contributed by atoms with Crippen LogP contribution in [-0.4, -0.2) is 12.1 Å². The number of aryl methyl sites for hydroxylation is 3. The number of hydrogen-bond acceptors (Lipinski definition) is 2. The third kappa shape index (κ3) is 1.75. The summed E-state index contributed by atoms with van der Waals surface area (Å²) in [5.74, 6) is 0.869. The van der Waals surface area contributed by atoms with Crippen LogP contribution in [0.1, 0.15) is 23.7 Å². The van der Waals surface area contributed by atoms with Crippen molar-refractivity contribution in [3.8, 4) is 5.75 Å². The van der Waals surface area contributed by atoms with Crippen molar-refractivity contribution in [3.63, 3.8) is 0 Å². The fourth-order valence-electron chi connectivity index (χ4n) is 2.00. The Kier molecular flexibility index (Phi) is 2.82. The molecule has 0 amide bonds. The molecule has 0 N–H and O–H groups in total. The quantitative estimate of drug-likeness (QED) is 0.765. The van der Waals surface area contributed by atoms with Crippen LogP contribution < -0.4 is 4.74 Å². The number of aromatic nitrogens is 1. The molecule has 0 spiro atoms. The summed E-state index contributed by atoms with van der Waals surface area (Å²) in [6.45, 7) is 6.32. The van der Waals surface area contributed by atoms with Crippen molar-refractivity contribution in [2.45, 2.75) is 27.2 Å². The van der Waals surface area contributed by atoms with Gasteiger partial charge in [0.25, 0.3) is 0 Å². The summed E-state index contributed by atoms with van der Waals surface area (Å²) in [6, 6.07) is 6.36. The Morgan fingerprint density at radius 1 is 1.19 bits per heavy atom. The summed E-state index contributed by atoms with van der Waals surface area (Å²) in [6.07, 6.45) is 0.952. The van der Waals surface area contributed by atoms with Gasteiger partial charge in [0.05, 0.1) is 7.11 Å². The Morgan fingerprint density at radius 2 is 1.94 bits per heavy atom. The maximum Gasteiger partial charge on any atom is 0.145 e. The average molecular weight is 215 g/mol. The Balaban J connectivity index is 2.83. The summed E-state index contributed by atoms with van der Waals surface area (Å²) >= 11 is 0. The van der Waals surface area contributed by atoms with Gasteiger partial charge in [-0.3, -0.25) is 0 Å². The van der Waals surface area contributed by atoms with Crippen LogP contribution in [0.5, 0.6) is 5.75 Å². The van der Waals surface area contributed by atoms with E-state index in [0.29, 0.717) is 0 Å². The van der Waals surface area contributed by atoms with Gasteiger partial charge in [-0.1, -0.05) is 6.92 Å². The van der Waals surface area contributed by atoms with Gasteiger partial charge < -0.3 is 4.74 Å². The molecule has 0 saturated carbocycles. The molecule has 0 fully saturated rings. The molecule has 1 aromatic carbocycles. The van der Waals surface area contributed by atoms with Crippen molar-refractivity contribution in [3.05, 3.63) is 35.0 Å². The van der Waals surface area contributed by atoms with Gasteiger partial charge in [0.15, 0.2) is 0 Å². The van der Waals surface area contributed by atoms with Crippen molar-refractivity contribution in [1.29, 1.82) is 0 Å². The molecule has 1 heterocycles. The Labute approximate surface area is 96.3 Å². The molecule has 0 unspecified atom stereocenters. The minimum Gasteiger partial charge on any atom is -0.494 e. The van der Waals surface area contributed by atoms with Gasteiger partial charge in [0.2, 0.25) is 0 Å². The zero-order chi connectivity index (χ0) is 11.7. The topological polar surface area (TPSA) is 22.1 Å². The maximum absolute atomic E-state index is 5.40. The van der Waals surface area contributed by atoms with E-state index < -0.39 is 0 Å². The van der Waals surface area contributed by atoms with Crippen LogP contribution >= 0.6 is 0 Å². The van der Waals surface area contributed by atoms with E-state index in [2.05, 4.69) is 37.9 Å². The van der Waals surface area contributed by atoms with E-state index in [1.807, 2.05) is 6.07 Å². The lowest BCUT2D eigenvalue weighted by atomic mass is 10.0. The lowest BCUT2D eigenvalue weighted by molar-refractivity contribution is 0.418. The molecule has 16 heavy (non-hydrogen) atoms. The van der Waals surface area contributed by atoms with Crippen molar-refractivity contribution >= 4 is 10.9 Å². The number of pyridine rings is 1. The number of hydrogen-bond donors (Lipinski definition) is 0. The highest BCUT2D eigenvalue weighted by molar-refractivity contribution is 5.88. The first-order valence-electron chi connectivity index (χ1n) is 5.60. The Hall–Kier alpha value is -1.57. The molecule has 0 aliphatic heterocycles. The normalized spacial score (nSPS) is 10.8. The van der Waals surface area contributed by atoms with E-state index in [0.717, 1.165) is 23.4 Å². The Bertz CT molecular complexity index is 532. The number of ether oxygens (including phenoxy) is 1. The minimum absolute atomic E-state index is 0.869. The predicted molar refractivity (Wildman–Crippen MR) is 67.1 cm³/mol. The smallest absolute Gasteiger partial charge is 0.145 e. The van der Waals surface area contributed by atoms with Crippen LogP contribution in [0.3, 0.4) is 0 Å². The van der Waals surface area contributed by atoms with Crippen LogP contribution in [0.15, 0.2) is 18.2 Å². The second-order valence-corrected chi connectivity index (χ2v) is 4.15. The lowest BCUT2D eigenvalue weighted by Crippen LogP contribution is -1.95. The summed E-state index contributed by atoms with van der Waals surface area (Å²) < 4.78 is 5.40. The van der Waals surface area contributed by atoms with E-state index in [-0.39, 0.29) is 0 Å². The molecule has 2 nitrogen and oxygen atoms in total. The molecule has 0 bridgehead atoms. The van der Waals surface area contributed by atoms with Gasteiger partial charge in [-0.25, -0.2) is 4.98 Å². The number of nitrogens with zero attached hydrogens (tertiary/aromatic N) is 1. The zero-order valence-electron chi connectivity index (χ0n) is 10.3. The van der Waals surface area contributed by atoms with E-state index in [1.54, 1.807) is 7.11 Å². The molecule has 0 radical (unpaired) electrons. The predicted octanol–water partition coefficient (Wildman–Crippen LogP) is 3.42. The summed E-state index contributed by atoms with van der Waals surface area (Å²) in [4.78, 5) is 4.64. The molecule has 2 rings (SSSR count). The van der Waals surface area contributed by atoms with E-state index in [9.17, 15) is 0 Å². The van der Waals surface area contributed by atoms with Gasteiger partial charge >= 0.3 is 0 Å². The lowest BCUT2D eigenvalue weighted by Gasteiger charge is -2.10. The number of benzene rings is 1. The summed E-state index contributed by atoms with van der Waals surface area (Å²) in [5.41, 5.74) is 4.57. The average Bonchev–Trinajstić information content (AvgIpc) is 2.28. The fourth-order valence-corrected chi connectivity index (χ4v) is 2.00. The molecular weight excluding hydrogens is 198 g/mol. The highest BCUT2D eigenvalue weighted by atomic mass is 16.5. The van der Waals surface area contributed by atoms with Gasteiger partial charge in [0, 0.05) is 11.1 Å². The van der Waals surface area contributed by atoms with Crippen LogP contribution in [0.2, 0.25) is 0 Å². The van der Waals surface area contributed by atoms with Gasteiger partial charge in [-0.15, -0.1) is 0 Å². The van der Waals surface area contributed by atoms with Crippen LogP contribution in [-0.2, 0) is 6.42 Å². The van der Waals surface area contributed by atoms with Crippen molar-refractivity contribution in [1.82, 2.24) is 4.98 Å². The molecule has 0 atom stereocenters. The van der Waals surface area contributed by atoms with E-state index in [1.165, 1.54) is 16.5 Å². The first-order valence-corrected chi connectivity index (χ1v) is 5.60. The van der Waals surface area contributed by atoms with Gasteiger partial charge in [-0.2, -0.15) is 0 Å². The Morgan fingerprint density at radius 3 is 2.56 bits per heavy atom. The first-order chi connectivity index (χ1) is 7.65. The molecule has 2 heteroatoms. The third-order valence-electron chi connectivity index (χ3n) is 2.86. The second-order valence-electron chi connectivity index (χ2n) is 4.15. The monoisotopic (exact) mass is 215 g/mol. The molecule has 84 valence electrons. The zero-order valence-corrected chi connectivity index (χ0v) is 10.3. The highest BCUT2D eigenvalue weighted by Crippen LogP contribution is 2.28. The SMILES string of the molecule is CCc1cc(C)c2cc(C)cc(OC)c2n1. The largest absolute Gasteiger partial charge is 0.494 e. The number of fused-ring (bicyclic) bond motifs is 1. The van der Waals surface area contributed by atoms with Crippen molar-refractivity contribution in [2.75, 3.05) is 7.11 Å². The fraction of sp³-hybridized carbons (Fsp3) is 0.357. The molecule has 0 aliphatic rings. The van der Waals surface area contributed by atoms with Crippen LogP contribution in [0.4, 0.5) is 0 Å². The van der Waals surface area contributed by atoms with E-state index in [4.69, 9.17) is 4.74 Å². The number of methoxy groups -OCH3 is 1. The third-order valence-corrected chi connectivity index (χ3v) is 2.86. The molecule has 0 saturated heterocycles. The van der Waals surface area contributed by atoms with Gasteiger partial charge in [0.1, 0.15) is 11.3 Å². The number of rotatable bonds is 2. The molecule has 0 aliphatic carbocycles. The van der Waals surface area contributed by atoms with Crippen LogP contribution in [0, 0.1) is 13.8 Å². The van der Waals surface area contributed by atoms with Crippen molar-refractivity contribution < 1.29 is 4.74 Å². The van der Waals surface area contributed by atoms with E-state index >= 15 is 0 Å². The molecular formula is C14H17NO. The van der Waals surface area contributed by atoms with Gasteiger partial charge in [-0.05, 0) is 49.6 Å².